The molecule has 143 heavy (non-hydrogen) atoms. The van der Waals surface area contributed by atoms with Crippen LogP contribution < -0.4 is 96.4 Å². The largest absolute Gasteiger partial charge is 0.506 e. The molecule has 4 aliphatic carbocycles. The number of aliphatic hydroxyl groups excluding tert-OH is 1. The fraction of sp³-hybridized carbons (Fsp3) is 0.500. The Labute approximate surface area is 821 Å². The molecule has 4 aromatic carbocycles. The van der Waals surface area contributed by atoms with Gasteiger partial charge in [0.25, 0.3) is 41.4 Å². The summed E-state index contributed by atoms with van der Waals surface area (Å²) in [6.45, 7) is 1.61. The van der Waals surface area contributed by atoms with Gasteiger partial charge < -0.3 is 116 Å². The van der Waals surface area contributed by atoms with Crippen molar-refractivity contribution in [3.63, 3.8) is 0 Å². The highest BCUT2D eigenvalue weighted by Crippen LogP contribution is 2.47. The van der Waals surface area contributed by atoms with Crippen LogP contribution in [0.15, 0.2) is 97.6 Å². The number of fused-ring (bicyclic) bond motifs is 4. The number of alkyl halides is 8. The monoisotopic (exact) mass is 2000 g/mol. The molecule has 9 aliphatic rings. The van der Waals surface area contributed by atoms with Crippen molar-refractivity contribution in [3.05, 3.63) is 120 Å². The number of nitrogens with two attached hydrogens (primary N) is 1. The van der Waals surface area contributed by atoms with Gasteiger partial charge in [-0.2, -0.15) is 55.1 Å². The first kappa shape index (κ1) is 106. The van der Waals surface area contributed by atoms with Gasteiger partial charge in [0.05, 0.1) is 102 Å². The standard InChI is InChI=1S/C26H33F2N7O3.C25H33F2N7O3.C23H28F2N6O4.C21H24F2N6O3.CH4/c1-33-20-15-30-25(32-22(20)35(18-6-2-3-7-18)16-26(27,28)24(33)38)31-19-9-8-17(14-21(19)36)23(37)29-10-13-34-11-4-5-12-34;1-32(2)12-11-28-22(35)16-9-10-18(20(13-16)37-4)30-24-29-14-19-21(31-24)34(17-7-5-6-8-17)15-25(26,27)23(36)33(19)3;1-30-17-12-27-22(28-16-8-7-14(11-18(16)35-2)20(33)26-9-10-32)29-19(17)31(15-5-3-4-6-15)13-23(24,25)21(30)34;1-28-15-10-25-20(26-14-8-7-12(17(24)30)9-16(14)32-2)27-18(15)29(13-5-3-4-6-13)11-21(22,23)19(28)31;/h8-9,14-15,18,36H,2-7,10-13,16H2,1H3,(H,29,37)(H,30,31,32);9-10,13-14,17H,5-8,11-12,15H2,1-4H3,(H,28,35)(H,29,30,31);7-8,11-12,15,32H,3-6,9-10,13H2,1-2H3,(H,26,33)(H,27,28,29);7-10,13H,3-6,11H2,1-2H3,(H2,24,30)(H,25,26,27);1H4. The number of benzene rings is 4. The van der Waals surface area contributed by atoms with E-state index in [0.717, 1.165) is 142 Å². The Hall–Kier alpha value is -14.1. The highest BCUT2D eigenvalue weighted by atomic mass is 19.3. The molecule has 4 aromatic heterocycles. The number of primary amides is 1. The third-order valence-electron chi connectivity index (χ3n) is 26.4. The van der Waals surface area contributed by atoms with Crippen LogP contribution in [0.4, 0.5) is 128 Å². The van der Waals surface area contributed by atoms with E-state index < -0.39 is 79.4 Å². The number of nitrogens with zero attached hydrogens (tertiary/aromatic N) is 18. The summed E-state index contributed by atoms with van der Waals surface area (Å²) in [4.78, 5) is 147. The van der Waals surface area contributed by atoms with Gasteiger partial charge in [-0.1, -0.05) is 58.8 Å². The number of ether oxygens (including phenoxy) is 3. The number of likely N-dealkylation sites (N-methyl/N-ethyl adjacent to an activating group) is 1. The summed E-state index contributed by atoms with van der Waals surface area (Å²) < 4.78 is 134. The Kier molecular flexibility index (Phi) is 34.1. The van der Waals surface area contributed by atoms with E-state index in [1.807, 2.05) is 19.0 Å². The van der Waals surface area contributed by atoms with Gasteiger partial charge in [0.15, 0.2) is 23.3 Å². The summed E-state index contributed by atoms with van der Waals surface area (Å²) in [5.41, 5.74) is 9.22. The van der Waals surface area contributed by atoms with Gasteiger partial charge in [-0.05, 0) is 164 Å². The van der Waals surface area contributed by atoms with E-state index in [2.05, 4.69) is 82.0 Å². The Bertz CT molecular complexity index is 5930. The third kappa shape index (κ3) is 24.6. The number of amides is 8. The van der Waals surface area contributed by atoms with Crippen molar-refractivity contribution in [1.29, 1.82) is 0 Å². The molecule has 47 heteroatoms. The lowest BCUT2D eigenvalue weighted by Crippen LogP contribution is -2.48. The summed E-state index contributed by atoms with van der Waals surface area (Å²) in [6.07, 6.45) is 21.2. The molecule has 4 saturated carbocycles. The molecule has 0 atom stereocenters. The first-order valence-corrected chi connectivity index (χ1v) is 47.1. The quantitative estimate of drug-likeness (QED) is 0.0169. The van der Waals surface area contributed by atoms with Crippen LogP contribution in [0.3, 0.4) is 0 Å². The van der Waals surface area contributed by atoms with Crippen LogP contribution in [0.2, 0.25) is 0 Å². The lowest BCUT2D eigenvalue weighted by Gasteiger charge is -2.31. The third-order valence-corrected chi connectivity index (χ3v) is 26.4. The fourth-order valence-electron chi connectivity index (χ4n) is 18.7. The van der Waals surface area contributed by atoms with Crippen molar-refractivity contribution in [2.24, 2.45) is 5.73 Å². The average molecular weight is 2000 g/mol. The number of aromatic hydroxyl groups is 1. The van der Waals surface area contributed by atoms with Crippen molar-refractivity contribution >= 4 is 140 Å². The van der Waals surface area contributed by atoms with Gasteiger partial charge in [-0.15, -0.1) is 0 Å². The first-order valence-electron chi connectivity index (χ1n) is 47.1. The molecule has 17 rings (SSSR count). The van der Waals surface area contributed by atoms with E-state index in [-0.39, 0.29) is 149 Å². The van der Waals surface area contributed by atoms with Crippen molar-refractivity contribution in [2.75, 3.05) is 203 Å². The number of aliphatic hydroxyl groups is 1. The molecule has 9 heterocycles. The molecular formula is C96H122F8N26O13. The molecule has 8 aromatic rings. The number of nitrogens with one attached hydrogen (secondary N) is 7. The topological polar surface area (TPSA) is 450 Å². The number of carbonyl (C=O) groups is 8. The lowest BCUT2D eigenvalue weighted by atomic mass is 10.1. The molecule has 0 spiro atoms. The molecule has 11 N–H and O–H groups in total. The lowest BCUT2D eigenvalue weighted by molar-refractivity contribution is -0.141. The van der Waals surface area contributed by atoms with Crippen molar-refractivity contribution < 1.29 is 97.9 Å². The van der Waals surface area contributed by atoms with Crippen LogP contribution in [0.1, 0.15) is 164 Å². The van der Waals surface area contributed by atoms with Gasteiger partial charge in [0.2, 0.25) is 29.7 Å². The van der Waals surface area contributed by atoms with E-state index in [1.54, 1.807) is 47.4 Å². The second-order valence-electron chi connectivity index (χ2n) is 36.3. The number of hydrogen-bond donors (Lipinski definition) is 10. The zero-order chi connectivity index (χ0) is 102. The number of methoxy groups -OCH3 is 3. The summed E-state index contributed by atoms with van der Waals surface area (Å²) in [5.74, 6) is -18.4. The van der Waals surface area contributed by atoms with Gasteiger partial charge in [-0.3, -0.25) is 38.4 Å². The maximum Gasteiger partial charge on any atom is 0.342 e. The summed E-state index contributed by atoms with van der Waals surface area (Å²) >= 11 is 0. The normalized spacial score (nSPS) is 18.3. The SMILES string of the molecule is C.CN1C(=O)C(F)(F)CN(C2CCCC2)c2nc(Nc3ccc(C(=O)NCCN4CCCC4)cc3O)ncc21.COc1cc(C(=O)NCCN(C)C)ccc1Nc1ncc2c(n1)N(C1CCCC1)CC(F)(F)C(=O)N2C.COc1cc(C(=O)NCCO)ccc1Nc1ncc2c(n1)N(C1CCCC1)CC(F)(F)C(=O)N2C.COc1cc(C(N)=O)ccc1Nc1ncc2c(n1)N(C1CCCC1)CC(F)(F)C(=O)N2C. The van der Waals surface area contributed by atoms with Crippen molar-refractivity contribution in [1.82, 2.24) is 65.6 Å². The van der Waals surface area contributed by atoms with Gasteiger partial charge in [0, 0.05) is 107 Å². The van der Waals surface area contributed by atoms with Crippen LogP contribution >= 0.6 is 0 Å². The number of carbonyl (C=O) groups excluding carboxylic acids is 8. The van der Waals surface area contributed by atoms with E-state index in [4.69, 9.17) is 25.1 Å². The Balaban J connectivity index is 0.000000160. The van der Waals surface area contributed by atoms with Gasteiger partial charge in [0.1, 0.15) is 45.7 Å². The molecule has 0 unspecified atom stereocenters. The zero-order valence-electron chi connectivity index (χ0n) is 80.3. The number of phenols is 1. The van der Waals surface area contributed by atoms with Crippen LogP contribution in [0, 0.1) is 0 Å². The van der Waals surface area contributed by atoms with E-state index >= 15 is 0 Å². The number of hydrogen-bond acceptors (Lipinski definition) is 31. The highest BCUT2D eigenvalue weighted by Gasteiger charge is 2.54. The number of halogens is 8. The molecule has 8 amide bonds. The molecule has 770 valence electrons. The number of phenolic OH excluding ortho intramolecular Hbond substituents is 1. The minimum Gasteiger partial charge on any atom is -0.506 e. The molecule has 5 fully saturated rings. The second kappa shape index (κ2) is 45.9. The zero-order valence-corrected chi connectivity index (χ0v) is 80.3. The minimum absolute atomic E-state index is 0. The molecule has 1 saturated heterocycles. The highest BCUT2D eigenvalue weighted by molar-refractivity contribution is 6.06. The van der Waals surface area contributed by atoms with E-state index in [9.17, 15) is 78.6 Å². The maximum absolute atomic E-state index is 14.8. The molecule has 0 bridgehead atoms. The van der Waals surface area contributed by atoms with Crippen molar-refractivity contribution in [2.45, 2.75) is 171 Å². The number of rotatable bonds is 27. The molecule has 39 nitrogen and oxygen atoms in total. The number of likely N-dealkylation sites (tertiary alicyclic amines) is 1. The Morgan fingerprint density at radius 2 is 0.685 bits per heavy atom. The Morgan fingerprint density at radius 3 is 0.972 bits per heavy atom. The van der Waals surface area contributed by atoms with Crippen LogP contribution in [-0.4, -0.2) is 297 Å². The van der Waals surface area contributed by atoms with Crippen molar-refractivity contribution in [3.8, 4) is 23.0 Å². The first-order chi connectivity index (χ1) is 67.8. The fourth-order valence-corrected chi connectivity index (χ4v) is 18.7. The summed E-state index contributed by atoms with van der Waals surface area (Å²) in [6, 6.07) is 18.1. The molecule has 5 aliphatic heterocycles. The number of aromatic nitrogens is 8. The average Bonchev–Trinajstić information content (AvgIpc) is 1.66. The van der Waals surface area contributed by atoms with E-state index in [1.165, 1.54) is 132 Å². The predicted molar refractivity (Wildman–Crippen MR) is 524 cm³/mol. The van der Waals surface area contributed by atoms with Crippen LogP contribution in [0.5, 0.6) is 23.0 Å². The second-order valence-corrected chi connectivity index (χ2v) is 36.3. The van der Waals surface area contributed by atoms with Gasteiger partial charge in [-0.25, -0.2) is 19.9 Å². The molecular weight excluding hydrogens is 1880 g/mol. The molecule has 0 radical (unpaired) electrons. The van der Waals surface area contributed by atoms with Crippen LogP contribution in [0.25, 0.3) is 0 Å². The van der Waals surface area contributed by atoms with Gasteiger partial charge >= 0.3 is 23.7 Å². The predicted octanol–water partition coefficient (Wildman–Crippen LogP) is 11.6. The van der Waals surface area contributed by atoms with Crippen LogP contribution in [-0.2, 0) is 19.2 Å². The van der Waals surface area contributed by atoms with E-state index in [0.29, 0.717) is 70.6 Å². The summed E-state index contributed by atoms with van der Waals surface area (Å²) in [5, 5.41) is 39.8. The minimum atomic E-state index is -3.56. The summed E-state index contributed by atoms with van der Waals surface area (Å²) in [7, 11) is 13.4. The number of anilines is 16. The maximum atomic E-state index is 14.8. The Morgan fingerprint density at radius 1 is 0.413 bits per heavy atom. The smallest absolute Gasteiger partial charge is 0.342 e.